The minimum absolute atomic E-state index is 0.128. The fourth-order valence-corrected chi connectivity index (χ4v) is 4.23. The van der Waals surface area contributed by atoms with Crippen LogP contribution in [0.5, 0.6) is 0 Å². The highest BCUT2D eigenvalue weighted by Crippen LogP contribution is 2.34. The van der Waals surface area contributed by atoms with Crippen molar-refractivity contribution in [2.24, 2.45) is 0 Å². The lowest BCUT2D eigenvalue weighted by molar-refractivity contribution is -0.116. The Morgan fingerprint density at radius 3 is 2.90 bits per heavy atom. The van der Waals surface area contributed by atoms with Gasteiger partial charge in [-0.2, -0.15) is 0 Å². The number of nitrogens with zero attached hydrogens (tertiary/aromatic N) is 3. The Hall–Kier alpha value is -0.940. The Morgan fingerprint density at radius 2 is 2.24 bits per heavy atom. The molecule has 4 nitrogen and oxygen atoms in total. The SMILES string of the molecule is CCC1CCCCN1Cc1csc(N(C(C)=O)C2CC2)n1. The van der Waals surface area contributed by atoms with Crippen LogP contribution < -0.4 is 4.90 Å². The number of rotatable bonds is 5. The summed E-state index contributed by atoms with van der Waals surface area (Å²) >= 11 is 1.62. The third-order valence-electron chi connectivity index (χ3n) is 4.58. The maximum absolute atomic E-state index is 11.8. The molecule has 1 saturated carbocycles. The molecule has 2 heterocycles. The zero-order valence-electron chi connectivity index (χ0n) is 13.0. The van der Waals surface area contributed by atoms with Gasteiger partial charge in [0.15, 0.2) is 5.13 Å². The van der Waals surface area contributed by atoms with Crippen LogP contribution >= 0.6 is 11.3 Å². The summed E-state index contributed by atoms with van der Waals surface area (Å²) in [6.07, 6.45) is 7.44. The van der Waals surface area contributed by atoms with Crippen LogP contribution in [0.3, 0.4) is 0 Å². The first-order valence-corrected chi connectivity index (χ1v) is 9.05. The van der Waals surface area contributed by atoms with Gasteiger partial charge >= 0.3 is 0 Å². The molecular formula is C16H25N3OS. The molecule has 0 N–H and O–H groups in total. The highest BCUT2D eigenvalue weighted by atomic mass is 32.1. The molecule has 2 aliphatic rings. The van der Waals surface area contributed by atoms with E-state index in [4.69, 9.17) is 4.98 Å². The summed E-state index contributed by atoms with van der Waals surface area (Å²) in [5.74, 6) is 0.128. The van der Waals surface area contributed by atoms with E-state index in [1.807, 2.05) is 4.90 Å². The first kappa shape index (κ1) is 15.0. The van der Waals surface area contributed by atoms with Crippen molar-refractivity contribution in [3.8, 4) is 0 Å². The Bertz CT molecular complexity index is 497. The molecule has 0 bridgehead atoms. The van der Waals surface area contributed by atoms with Gasteiger partial charge in [0.1, 0.15) is 0 Å². The van der Waals surface area contributed by atoms with Crippen molar-refractivity contribution >= 4 is 22.4 Å². The van der Waals surface area contributed by atoms with Crippen molar-refractivity contribution < 1.29 is 4.79 Å². The molecule has 1 aliphatic carbocycles. The van der Waals surface area contributed by atoms with Gasteiger partial charge in [-0.15, -0.1) is 11.3 Å². The number of thiazole rings is 1. The second-order valence-electron chi connectivity index (χ2n) is 6.27. The van der Waals surface area contributed by atoms with Crippen molar-refractivity contribution in [1.29, 1.82) is 0 Å². The molecule has 0 radical (unpaired) electrons. The minimum atomic E-state index is 0.128. The van der Waals surface area contributed by atoms with Crippen molar-refractivity contribution in [3.63, 3.8) is 0 Å². The van der Waals surface area contributed by atoms with Gasteiger partial charge in [-0.05, 0) is 38.6 Å². The van der Waals surface area contributed by atoms with Gasteiger partial charge < -0.3 is 0 Å². The van der Waals surface area contributed by atoms with Crippen LogP contribution in [0.4, 0.5) is 5.13 Å². The summed E-state index contributed by atoms with van der Waals surface area (Å²) < 4.78 is 0. The normalized spacial score (nSPS) is 23.2. The third-order valence-corrected chi connectivity index (χ3v) is 5.47. The van der Waals surface area contributed by atoms with Crippen molar-refractivity contribution in [2.75, 3.05) is 11.4 Å². The van der Waals surface area contributed by atoms with Gasteiger partial charge in [0.2, 0.25) is 5.91 Å². The quantitative estimate of drug-likeness (QED) is 0.836. The van der Waals surface area contributed by atoms with Crippen molar-refractivity contribution in [3.05, 3.63) is 11.1 Å². The van der Waals surface area contributed by atoms with Crippen molar-refractivity contribution in [2.45, 2.75) is 71.0 Å². The number of anilines is 1. The zero-order chi connectivity index (χ0) is 14.8. The molecule has 1 aliphatic heterocycles. The summed E-state index contributed by atoms with van der Waals surface area (Å²) in [7, 11) is 0. The highest BCUT2D eigenvalue weighted by Gasteiger charge is 2.33. The Kier molecular flexibility index (Phi) is 4.60. The fraction of sp³-hybridized carbons (Fsp3) is 0.750. The maximum Gasteiger partial charge on any atom is 0.225 e. The van der Waals surface area contributed by atoms with Crippen LogP contribution in [0, 0.1) is 0 Å². The molecular weight excluding hydrogens is 282 g/mol. The molecule has 1 amide bonds. The van der Waals surface area contributed by atoms with E-state index in [1.54, 1.807) is 18.3 Å². The van der Waals surface area contributed by atoms with Crippen LogP contribution in [0.15, 0.2) is 5.38 Å². The number of piperidine rings is 1. The number of amides is 1. The van der Waals surface area contributed by atoms with Crippen molar-refractivity contribution in [1.82, 2.24) is 9.88 Å². The largest absolute Gasteiger partial charge is 0.295 e. The minimum Gasteiger partial charge on any atom is -0.295 e. The zero-order valence-corrected chi connectivity index (χ0v) is 13.9. The number of hydrogen-bond donors (Lipinski definition) is 0. The summed E-state index contributed by atoms with van der Waals surface area (Å²) in [5, 5.41) is 3.03. The molecule has 2 fully saturated rings. The number of carbonyl (C=O) groups is 1. The lowest BCUT2D eigenvalue weighted by atomic mass is 10.00. The topological polar surface area (TPSA) is 36.4 Å². The van der Waals surface area contributed by atoms with Gasteiger partial charge in [-0.1, -0.05) is 13.3 Å². The van der Waals surface area contributed by atoms with E-state index in [2.05, 4.69) is 17.2 Å². The number of aromatic nitrogens is 1. The van der Waals surface area contributed by atoms with E-state index in [9.17, 15) is 4.79 Å². The summed E-state index contributed by atoms with van der Waals surface area (Å²) in [5.41, 5.74) is 1.13. The van der Waals surface area contributed by atoms with Crippen LogP contribution in [0.2, 0.25) is 0 Å². The lowest BCUT2D eigenvalue weighted by Crippen LogP contribution is -2.38. The number of hydrogen-bond acceptors (Lipinski definition) is 4. The summed E-state index contributed by atoms with van der Waals surface area (Å²) in [4.78, 5) is 21.0. The molecule has 1 atom stereocenters. The molecule has 3 rings (SSSR count). The Balaban J connectivity index is 1.68. The standard InChI is InChI=1S/C16H25N3OS/c1-3-14-6-4-5-9-18(14)10-13-11-21-16(17-13)19(12(2)20)15-7-8-15/h11,14-15H,3-10H2,1-2H3. The molecule has 5 heteroatoms. The monoisotopic (exact) mass is 307 g/mol. The number of likely N-dealkylation sites (tertiary alicyclic amines) is 1. The molecule has 0 aromatic carbocycles. The van der Waals surface area contributed by atoms with Crippen LogP contribution in [-0.4, -0.2) is 34.4 Å². The summed E-state index contributed by atoms with van der Waals surface area (Å²) in [6.45, 7) is 6.05. The average molecular weight is 307 g/mol. The first-order valence-electron chi connectivity index (χ1n) is 8.17. The first-order chi connectivity index (χ1) is 10.2. The predicted molar refractivity (Wildman–Crippen MR) is 86.6 cm³/mol. The van der Waals surface area contributed by atoms with E-state index >= 15 is 0 Å². The van der Waals surface area contributed by atoms with E-state index in [-0.39, 0.29) is 5.91 Å². The smallest absolute Gasteiger partial charge is 0.225 e. The average Bonchev–Trinajstić information content (AvgIpc) is 3.19. The van der Waals surface area contributed by atoms with Gasteiger partial charge in [-0.25, -0.2) is 4.98 Å². The molecule has 21 heavy (non-hydrogen) atoms. The molecule has 116 valence electrons. The van der Waals surface area contributed by atoms with E-state index < -0.39 is 0 Å². The Morgan fingerprint density at radius 1 is 1.43 bits per heavy atom. The van der Waals surface area contributed by atoms with Gasteiger partial charge in [0.25, 0.3) is 0 Å². The number of carbonyl (C=O) groups excluding carboxylic acids is 1. The Labute approximate surface area is 131 Å². The van der Waals surface area contributed by atoms with Gasteiger partial charge in [-0.3, -0.25) is 14.6 Å². The van der Waals surface area contributed by atoms with Gasteiger partial charge in [0.05, 0.1) is 5.69 Å². The highest BCUT2D eigenvalue weighted by molar-refractivity contribution is 7.14. The molecule has 1 saturated heterocycles. The van der Waals surface area contributed by atoms with E-state index in [0.717, 1.165) is 30.2 Å². The van der Waals surface area contributed by atoms with Crippen LogP contribution in [0.1, 0.15) is 58.1 Å². The second-order valence-corrected chi connectivity index (χ2v) is 7.11. The van der Waals surface area contributed by atoms with E-state index in [0.29, 0.717) is 12.1 Å². The predicted octanol–water partition coefficient (Wildman–Crippen LogP) is 3.42. The van der Waals surface area contributed by atoms with Crippen LogP contribution in [0.25, 0.3) is 0 Å². The third kappa shape index (κ3) is 3.46. The molecule has 0 spiro atoms. The fourth-order valence-electron chi connectivity index (χ4n) is 3.30. The summed E-state index contributed by atoms with van der Waals surface area (Å²) in [6, 6.07) is 1.11. The molecule has 1 unspecified atom stereocenters. The second kappa shape index (κ2) is 6.44. The molecule has 1 aromatic rings. The lowest BCUT2D eigenvalue weighted by Gasteiger charge is -2.34. The van der Waals surface area contributed by atoms with E-state index in [1.165, 1.54) is 32.2 Å². The maximum atomic E-state index is 11.8. The van der Waals surface area contributed by atoms with Gasteiger partial charge in [0, 0.05) is 30.9 Å². The molecule has 1 aromatic heterocycles. The van der Waals surface area contributed by atoms with Crippen LogP contribution in [-0.2, 0) is 11.3 Å².